The van der Waals surface area contributed by atoms with E-state index in [1.54, 1.807) is 0 Å². The van der Waals surface area contributed by atoms with Crippen LogP contribution in [0.4, 0.5) is 0 Å². The maximum Gasteiger partial charge on any atom is 0.159 e. The second-order valence-corrected chi connectivity index (χ2v) is 13.3. The van der Waals surface area contributed by atoms with Crippen LogP contribution in [0.2, 0.25) is 0 Å². The Morgan fingerprint density at radius 2 is 1.12 bits per heavy atom. The molecule has 0 aromatic heterocycles. The van der Waals surface area contributed by atoms with Gasteiger partial charge in [-0.3, -0.25) is 0 Å². The zero-order valence-electron chi connectivity index (χ0n) is 28.0. The summed E-state index contributed by atoms with van der Waals surface area (Å²) in [6, 6.07) is 60.9. The highest BCUT2D eigenvalue weighted by Crippen LogP contribution is 2.59. The summed E-state index contributed by atoms with van der Waals surface area (Å²) in [4.78, 5) is 12.9. The molecule has 3 aliphatic rings. The van der Waals surface area contributed by atoms with Crippen LogP contribution in [0, 0.1) is 0 Å². The summed E-state index contributed by atoms with van der Waals surface area (Å²) < 4.78 is 0. The van der Waals surface area contributed by atoms with Gasteiger partial charge in [-0.15, -0.1) is 0 Å². The van der Waals surface area contributed by atoms with E-state index < -0.39 is 5.41 Å². The lowest BCUT2D eigenvalue weighted by atomic mass is 9.65. The molecule has 2 unspecified atom stereocenters. The van der Waals surface area contributed by atoms with Gasteiger partial charge in [-0.2, -0.15) is 0 Å². The van der Waals surface area contributed by atoms with Gasteiger partial charge >= 0.3 is 0 Å². The second kappa shape index (κ2) is 12.4. The van der Waals surface area contributed by atoms with Crippen molar-refractivity contribution < 1.29 is 0 Å². The van der Waals surface area contributed by atoms with Gasteiger partial charge in [0.1, 0.15) is 12.0 Å². The van der Waals surface area contributed by atoms with Crippen molar-refractivity contribution in [2.45, 2.75) is 23.9 Å². The van der Waals surface area contributed by atoms with Crippen LogP contribution in [-0.2, 0) is 5.41 Å². The van der Waals surface area contributed by atoms with Crippen LogP contribution < -0.4 is 0 Å². The molecule has 1 heterocycles. The van der Waals surface area contributed by atoms with Gasteiger partial charge < -0.3 is 4.90 Å². The molecule has 3 heteroatoms. The van der Waals surface area contributed by atoms with Crippen molar-refractivity contribution in [3.63, 3.8) is 0 Å². The molecule has 0 amide bonds. The van der Waals surface area contributed by atoms with E-state index in [-0.39, 0.29) is 12.1 Å². The molecule has 0 fully saturated rings. The average Bonchev–Trinajstić information content (AvgIpc) is 3.50. The molecule has 0 spiro atoms. The summed E-state index contributed by atoms with van der Waals surface area (Å²) in [5.74, 6) is 1.96. The Bertz CT molecular complexity index is 2240. The van der Waals surface area contributed by atoms with Gasteiger partial charge in [-0.05, 0) is 50.9 Å². The van der Waals surface area contributed by atoms with Gasteiger partial charge in [-0.1, -0.05) is 182 Å². The van der Waals surface area contributed by atoms with Crippen molar-refractivity contribution in [1.29, 1.82) is 0 Å². The maximum absolute atomic E-state index is 5.37. The molecule has 0 radical (unpaired) electrons. The Morgan fingerprint density at radius 1 is 0.580 bits per heavy atom. The molecule has 240 valence electrons. The molecule has 3 nitrogen and oxygen atoms in total. The Balaban J connectivity index is 1.20. The summed E-state index contributed by atoms with van der Waals surface area (Å²) in [5.41, 5.74) is 12.0. The van der Waals surface area contributed by atoms with E-state index in [0.29, 0.717) is 0 Å². The highest BCUT2D eigenvalue weighted by atomic mass is 15.3. The van der Waals surface area contributed by atoms with Crippen molar-refractivity contribution >= 4 is 11.7 Å². The lowest BCUT2D eigenvalue weighted by molar-refractivity contribution is 0.382. The number of rotatable bonds is 6. The number of benzene rings is 6. The summed E-state index contributed by atoms with van der Waals surface area (Å²) in [5, 5.41) is 0. The van der Waals surface area contributed by atoms with E-state index in [1.807, 2.05) is 0 Å². The molecule has 0 N–H and O–H groups in total. The highest BCUT2D eigenvalue weighted by Gasteiger charge is 2.51. The van der Waals surface area contributed by atoms with Crippen LogP contribution in [0.15, 0.2) is 203 Å². The molecule has 1 aliphatic heterocycles. The molecule has 6 aromatic carbocycles. The number of hydrogen-bond acceptors (Lipinski definition) is 3. The van der Waals surface area contributed by atoms with Gasteiger partial charge in [-0.25, -0.2) is 9.98 Å². The molecule has 2 atom stereocenters. The first-order chi connectivity index (χ1) is 24.7. The first-order valence-electron chi connectivity index (χ1n) is 17.4. The first kappa shape index (κ1) is 30.0. The average molecular weight is 644 g/mol. The minimum Gasteiger partial charge on any atom is -0.333 e. The first-order valence-corrected chi connectivity index (χ1v) is 17.4. The summed E-state index contributed by atoms with van der Waals surface area (Å²) in [7, 11) is 2.13. The van der Waals surface area contributed by atoms with Crippen molar-refractivity contribution in [2.75, 3.05) is 7.05 Å². The Kier molecular flexibility index (Phi) is 7.47. The fraction of sp³-hybridized carbons (Fsp3) is 0.106. The fourth-order valence-electron chi connectivity index (χ4n) is 8.30. The minimum absolute atomic E-state index is 0.210. The summed E-state index contributed by atoms with van der Waals surface area (Å²) >= 11 is 0. The third-order valence-corrected chi connectivity index (χ3v) is 10.6. The van der Waals surface area contributed by atoms with Gasteiger partial charge in [0.15, 0.2) is 5.84 Å². The quantitative estimate of drug-likeness (QED) is 0.178. The van der Waals surface area contributed by atoms with Gasteiger partial charge in [0.25, 0.3) is 0 Å². The largest absolute Gasteiger partial charge is 0.333 e. The number of aliphatic imine (C=N–C) groups is 2. The van der Waals surface area contributed by atoms with Crippen LogP contribution in [0.5, 0.6) is 0 Å². The topological polar surface area (TPSA) is 28.0 Å². The standard InChI is InChI=1S/C47H37N3/c1-50-45(36-18-8-3-9-19-36)48-44(35-28-26-34(27-29-35)33-16-6-2-7-17-33)49-46(50)37-30-31-41-40-24-14-15-25-42(40)47(43(41)32-37,38-20-10-4-11-21-38)39-22-12-5-13-23-39/h2-30,32,41,45H,31H2,1H3. The van der Waals surface area contributed by atoms with Crippen LogP contribution in [0.1, 0.15) is 51.9 Å². The van der Waals surface area contributed by atoms with Crippen LogP contribution >= 0.6 is 0 Å². The molecule has 50 heavy (non-hydrogen) atoms. The van der Waals surface area contributed by atoms with Crippen LogP contribution in [0.25, 0.3) is 11.1 Å². The van der Waals surface area contributed by atoms with E-state index in [1.165, 1.54) is 39.0 Å². The molecule has 9 rings (SSSR count). The third-order valence-electron chi connectivity index (χ3n) is 10.6. The van der Waals surface area contributed by atoms with E-state index in [2.05, 4.69) is 194 Å². The predicted molar refractivity (Wildman–Crippen MR) is 206 cm³/mol. The number of amidine groups is 2. The lowest BCUT2D eigenvalue weighted by Crippen LogP contribution is -2.37. The van der Waals surface area contributed by atoms with E-state index in [0.717, 1.165) is 34.8 Å². The van der Waals surface area contributed by atoms with E-state index in [4.69, 9.17) is 9.98 Å². The SMILES string of the molecule is CN1C(C2=CCC3C(=C2)C(c2ccccc2)(c2ccccc2)c2ccccc23)=NC(c2ccc(-c3ccccc3)cc2)=NC1c1ccccc1. The fourth-order valence-corrected chi connectivity index (χ4v) is 8.30. The summed E-state index contributed by atoms with van der Waals surface area (Å²) in [6.07, 6.45) is 5.54. The van der Waals surface area contributed by atoms with Crippen LogP contribution in [0.3, 0.4) is 0 Å². The molecular weight excluding hydrogens is 607 g/mol. The number of allylic oxidation sites excluding steroid dienone is 2. The summed E-state index contributed by atoms with van der Waals surface area (Å²) in [6.45, 7) is 0. The van der Waals surface area contributed by atoms with Crippen LogP contribution in [-0.4, -0.2) is 23.6 Å². The second-order valence-electron chi connectivity index (χ2n) is 13.3. The predicted octanol–water partition coefficient (Wildman–Crippen LogP) is 10.5. The minimum atomic E-state index is -0.417. The van der Waals surface area contributed by atoms with Gasteiger partial charge in [0, 0.05) is 24.1 Å². The number of nitrogens with zero attached hydrogens (tertiary/aromatic N) is 3. The Morgan fingerprint density at radius 3 is 1.78 bits per heavy atom. The molecule has 6 aromatic rings. The number of hydrogen-bond donors (Lipinski definition) is 0. The highest BCUT2D eigenvalue weighted by molar-refractivity contribution is 6.14. The van der Waals surface area contributed by atoms with Gasteiger partial charge in [0.05, 0.1) is 5.41 Å². The van der Waals surface area contributed by atoms with Gasteiger partial charge in [0.2, 0.25) is 0 Å². The molecule has 0 saturated carbocycles. The zero-order valence-corrected chi connectivity index (χ0v) is 28.0. The van der Waals surface area contributed by atoms with Crippen molar-refractivity contribution in [1.82, 2.24) is 4.90 Å². The number of fused-ring (bicyclic) bond motifs is 3. The Labute approximate surface area is 294 Å². The van der Waals surface area contributed by atoms with Crippen molar-refractivity contribution in [2.24, 2.45) is 9.98 Å². The maximum atomic E-state index is 5.37. The van der Waals surface area contributed by atoms with E-state index >= 15 is 0 Å². The normalized spacial score (nSPS) is 19.0. The van der Waals surface area contributed by atoms with Crippen molar-refractivity contribution in [3.8, 4) is 11.1 Å². The van der Waals surface area contributed by atoms with Crippen molar-refractivity contribution in [3.05, 3.63) is 227 Å². The monoisotopic (exact) mass is 643 g/mol. The smallest absolute Gasteiger partial charge is 0.159 e. The molecule has 2 aliphatic carbocycles. The molecule has 0 saturated heterocycles. The lowest BCUT2D eigenvalue weighted by Gasteiger charge is -2.38. The van der Waals surface area contributed by atoms with E-state index in [9.17, 15) is 0 Å². The number of likely N-dealkylation sites (N-methyl/N-ethyl adjacent to an activating group) is 1. The molecule has 0 bridgehead atoms. The third kappa shape index (κ3) is 4.89. The Hall–Kier alpha value is -6.06. The molecular formula is C47H37N3. The zero-order chi connectivity index (χ0) is 33.5.